The number of allylic oxidation sites excluding steroid dienone is 8. The molecule has 0 amide bonds. The standard InChI is InChI=1S/C7H9.C5H5.2ClH.Hf/c1-6-4-3-5-7(6)2;1-2-4-5-3-1;;;/h4H,5H2,1-2H3;1-3H,4H2;2*1H;/q2*-1;;;. The van der Waals surface area contributed by atoms with Crippen LogP contribution in [0, 0.1) is 12.2 Å². The topological polar surface area (TPSA) is 0 Å². The van der Waals surface area contributed by atoms with Crippen LogP contribution < -0.4 is 0 Å². The van der Waals surface area contributed by atoms with Gasteiger partial charge in [-0.05, 0) is 0 Å². The zero-order chi connectivity index (χ0) is 8.81. The molecule has 15 heavy (non-hydrogen) atoms. The van der Waals surface area contributed by atoms with Crippen LogP contribution in [0.4, 0.5) is 0 Å². The van der Waals surface area contributed by atoms with Crippen LogP contribution in [0.1, 0.15) is 26.7 Å². The van der Waals surface area contributed by atoms with E-state index in [4.69, 9.17) is 0 Å². The number of rotatable bonds is 0. The predicted octanol–water partition coefficient (Wildman–Crippen LogP) is 4.23. The molecule has 0 heterocycles. The fraction of sp³-hybridized carbons (Fsp3) is 0.333. The fourth-order valence-electron chi connectivity index (χ4n) is 0.960. The number of hydrogen-bond acceptors (Lipinski definition) is 0. The minimum absolute atomic E-state index is 0. The minimum atomic E-state index is 0. The summed E-state index contributed by atoms with van der Waals surface area (Å²) in [5, 5.41) is 0. The van der Waals surface area contributed by atoms with Gasteiger partial charge in [0.05, 0.1) is 0 Å². The van der Waals surface area contributed by atoms with E-state index in [2.05, 4.69) is 38.2 Å². The van der Waals surface area contributed by atoms with E-state index < -0.39 is 0 Å². The smallest absolute Gasteiger partial charge is 0 e. The average Bonchev–Trinajstić information content (AvgIpc) is 2.67. The molecule has 2 aliphatic carbocycles. The summed E-state index contributed by atoms with van der Waals surface area (Å²) in [6, 6.07) is 0. The van der Waals surface area contributed by atoms with E-state index >= 15 is 0 Å². The summed E-state index contributed by atoms with van der Waals surface area (Å²) >= 11 is 0. The molecule has 0 unspecified atom stereocenters. The molecule has 0 atom stereocenters. The molecule has 0 saturated heterocycles. The van der Waals surface area contributed by atoms with Gasteiger partial charge in [0.1, 0.15) is 0 Å². The second-order valence-corrected chi connectivity index (χ2v) is 2.99. The van der Waals surface area contributed by atoms with Gasteiger partial charge in [0.2, 0.25) is 0 Å². The Kier molecular flexibility index (Phi) is 17.3. The second kappa shape index (κ2) is 12.5. The summed E-state index contributed by atoms with van der Waals surface area (Å²) in [6.45, 7) is 4.27. The quantitative estimate of drug-likeness (QED) is 0.415. The molecule has 0 fully saturated rings. The molecule has 0 aliphatic heterocycles. The van der Waals surface area contributed by atoms with Gasteiger partial charge in [-0.25, -0.2) is 23.8 Å². The van der Waals surface area contributed by atoms with E-state index in [1.807, 2.05) is 12.2 Å². The first kappa shape index (κ1) is 20.8. The van der Waals surface area contributed by atoms with Crippen molar-refractivity contribution in [1.82, 2.24) is 0 Å². The zero-order valence-corrected chi connectivity index (χ0v) is 14.3. The van der Waals surface area contributed by atoms with Crippen molar-refractivity contribution in [3.63, 3.8) is 0 Å². The monoisotopic (exact) mass is 410 g/mol. The van der Waals surface area contributed by atoms with E-state index in [-0.39, 0.29) is 50.7 Å². The number of halogens is 2. The largest absolute Gasteiger partial charge is 0.273 e. The molecule has 2 aliphatic rings. The normalized spacial score (nSPS) is 14.8. The minimum Gasteiger partial charge on any atom is -0.273 e. The molecule has 0 aromatic rings. The summed E-state index contributed by atoms with van der Waals surface area (Å²) < 4.78 is 0. The summed E-state index contributed by atoms with van der Waals surface area (Å²) in [7, 11) is 0. The summed E-state index contributed by atoms with van der Waals surface area (Å²) in [5.41, 5.74) is 2.85. The van der Waals surface area contributed by atoms with Gasteiger partial charge in [0.15, 0.2) is 0 Å². The van der Waals surface area contributed by atoms with Gasteiger partial charge in [-0.2, -0.15) is 11.6 Å². The van der Waals surface area contributed by atoms with Crippen molar-refractivity contribution in [2.24, 2.45) is 0 Å². The van der Waals surface area contributed by atoms with Gasteiger partial charge in [-0.15, -0.1) is 44.6 Å². The summed E-state index contributed by atoms with van der Waals surface area (Å²) in [6.07, 6.45) is 16.2. The van der Waals surface area contributed by atoms with Crippen molar-refractivity contribution in [3.8, 4) is 0 Å². The Morgan fingerprint density at radius 2 is 1.80 bits per heavy atom. The summed E-state index contributed by atoms with van der Waals surface area (Å²) in [4.78, 5) is 0. The first-order valence-electron chi connectivity index (χ1n) is 4.25. The Labute approximate surface area is 124 Å². The maximum absolute atomic E-state index is 3.12. The van der Waals surface area contributed by atoms with Crippen molar-refractivity contribution in [3.05, 3.63) is 47.6 Å². The van der Waals surface area contributed by atoms with Crippen molar-refractivity contribution >= 4 is 24.8 Å². The van der Waals surface area contributed by atoms with Gasteiger partial charge < -0.3 is 0 Å². The predicted molar refractivity (Wildman–Crippen MR) is 66.9 cm³/mol. The van der Waals surface area contributed by atoms with Crippen LogP contribution in [0.2, 0.25) is 0 Å². The first-order valence-corrected chi connectivity index (χ1v) is 4.25. The van der Waals surface area contributed by atoms with E-state index in [0.717, 1.165) is 12.8 Å². The fourth-order valence-corrected chi connectivity index (χ4v) is 0.960. The maximum atomic E-state index is 3.12. The molecule has 0 nitrogen and oxygen atoms in total. The third-order valence-corrected chi connectivity index (χ3v) is 1.94. The van der Waals surface area contributed by atoms with E-state index in [1.54, 1.807) is 0 Å². The average molecular weight is 410 g/mol. The Hall–Kier alpha value is 0.410. The van der Waals surface area contributed by atoms with Crippen molar-refractivity contribution in [2.75, 3.05) is 0 Å². The van der Waals surface area contributed by atoms with Crippen LogP contribution in [0.25, 0.3) is 0 Å². The second-order valence-electron chi connectivity index (χ2n) is 2.99. The molecule has 0 N–H and O–H groups in total. The van der Waals surface area contributed by atoms with Crippen LogP contribution in [-0.2, 0) is 25.8 Å². The van der Waals surface area contributed by atoms with Gasteiger partial charge >= 0.3 is 0 Å². The van der Waals surface area contributed by atoms with Crippen molar-refractivity contribution in [1.29, 1.82) is 0 Å². The van der Waals surface area contributed by atoms with Gasteiger partial charge in [-0.1, -0.05) is 6.92 Å². The van der Waals surface area contributed by atoms with Crippen molar-refractivity contribution in [2.45, 2.75) is 26.7 Å². The van der Waals surface area contributed by atoms with Crippen LogP contribution in [-0.4, -0.2) is 0 Å². The molecule has 0 aromatic carbocycles. The number of hydrogen-bond donors (Lipinski definition) is 0. The molecular weight excluding hydrogens is 394 g/mol. The van der Waals surface area contributed by atoms with Gasteiger partial charge in [0, 0.05) is 25.8 Å². The molecule has 0 spiro atoms. The molecule has 0 saturated carbocycles. The van der Waals surface area contributed by atoms with Crippen LogP contribution in [0.5, 0.6) is 0 Å². The molecule has 84 valence electrons. The molecule has 0 aromatic heterocycles. The molecular formula is C12H16Cl2Hf-2. The van der Waals surface area contributed by atoms with Crippen molar-refractivity contribution < 1.29 is 25.8 Å². The Bertz CT molecular complexity index is 253. The van der Waals surface area contributed by atoms with E-state index in [0.29, 0.717) is 0 Å². The summed E-state index contributed by atoms with van der Waals surface area (Å²) in [5.74, 6) is 0. The molecule has 3 heteroatoms. The molecule has 2 rings (SSSR count). The van der Waals surface area contributed by atoms with Gasteiger partial charge in [0.25, 0.3) is 0 Å². The maximum Gasteiger partial charge on any atom is 0 e. The zero-order valence-electron chi connectivity index (χ0n) is 9.04. The van der Waals surface area contributed by atoms with Crippen LogP contribution >= 0.6 is 24.8 Å². The third kappa shape index (κ3) is 9.35. The van der Waals surface area contributed by atoms with Crippen LogP contribution in [0.15, 0.2) is 35.5 Å². The van der Waals surface area contributed by atoms with E-state index in [9.17, 15) is 0 Å². The first-order chi connectivity index (χ1) is 5.80. The molecule has 0 bridgehead atoms. The Balaban J connectivity index is -0.000000165. The third-order valence-electron chi connectivity index (χ3n) is 1.94. The van der Waals surface area contributed by atoms with Gasteiger partial charge in [-0.3, -0.25) is 12.2 Å². The van der Waals surface area contributed by atoms with E-state index in [1.165, 1.54) is 11.1 Å². The molecule has 0 radical (unpaired) electrons. The van der Waals surface area contributed by atoms with Crippen LogP contribution in [0.3, 0.4) is 0 Å². The SMILES string of the molecule is CC1=C(C)C[C-]=C1.Cl.Cl.[C-]1=CC=CC1.[Hf]. The Morgan fingerprint density at radius 3 is 1.93 bits per heavy atom. The Morgan fingerprint density at radius 1 is 1.13 bits per heavy atom.